The van der Waals surface area contributed by atoms with E-state index in [2.05, 4.69) is 60.8 Å². The smallest absolute Gasteiger partial charge is 0.133 e. The van der Waals surface area contributed by atoms with Crippen LogP contribution in [0.2, 0.25) is 0 Å². The summed E-state index contributed by atoms with van der Waals surface area (Å²) < 4.78 is 7.13. The molecule has 1 aromatic rings. The first kappa shape index (κ1) is 14.1. The van der Waals surface area contributed by atoms with Crippen LogP contribution in [0.25, 0.3) is 0 Å². The lowest BCUT2D eigenvalue weighted by Gasteiger charge is -2.25. The second-order valence-electron chi connectivity index (χ2n) is 5.33. The van der Waals surface area contributed by atoms with E-state index < -0.39 is 0 Å². The highest BCUT2D eigenvalue weighted by atomic mass is 127. The van der Waals surface area contributed by atoms with Crippen molar-refractivity contribution in [1.82, 2.24) is 5.32 Å². The summed E-state index contributed by atoms with van der Waals surface area (Å²) in [5, 5.41) is 3.43. The number of rotatable bonds is 3. The zero-order valence-electron chi connectivity index (χ0n) is 11.4. The molecule has 0 atom stereocenters. The molecule has 0 spiro atoms. The van der Waals surface area contributed by atoms with Crippen molar-refractivity contribution in [2.45, 2.75) is 45.6 Å². The molecule has 0 bridgehead atoms. The first-order chi connectivity index (χ1) is 8.58. The van der Waals surface area contributed by atoms with Crippen molar-refractivity contribution in [3.8, 4) is 5.75 Å². The summed E-state index contributed by atoms with van der Waals surface area (Å²) in [6.45, 7) is 8.66. The van der Waals surface area contributed by atoms with Crippen LogP contribution in [0.3, 0.4) is 0 Å². The largest absolute Gasteiger partial charge is 0.490 e. The van der Waals surface area contributed by atoms with Gasteiger partial charge in [-0.3, -0.25) is 0 Å². The number of benzene rings is 1. The Kier molecular flexibility index (Phi) is 4.90. The van der Waals surface area contributed by atoms with Crippen molar-refractivity contribution in [2.24, 2.45) is 0 Å². The summed E-state index contributed by atoms with van der Waals surface area (Å²) in [7, 11) is 0. The van der Waals surface area contributed by atoms with Crippen LogP contribution in [0.15, 0.2) is 12.1 Å². The van der Waals surface area contributed by atoms with Gasteiger partial charge in [-0.25, -0.2) is 0 Å². The molecule has 1 aliphatic heterocycles. The average Bonchev–Trinajstić information content (AvgIpc) is 2.33. The Morgan fingerprint density at radius 1 is 1.28 bits per heavy atom. The minimum atomic E-state index is 0.238. The monoisotopic (exact) mass is 359 g/mol. The van der Waals surface area contributed by atoms with Gasteiger partial charge < -0.3 is 10.1 Å². The third-order valence-corrected chi connectivity index (χ3v) is 4.31. The molecule has 0 aliphatic carbocycles. The molecule has 2 nitrogen and oxygen atoms in total. The van der Waals surface area contributed by atoms with E-state index in [0.717, 1.165) is 18.8 Å². The number of halogens is 1. The van der Waals surface area contributed by atoms with Crippen LogP contribution in [0.5, 0.6) is 5.75 Å². The maximum Gasteiger partial charge on any atom is 0.133 e. The van der Waals surface area contributed by atoms with Crippen LogP contribution >= 0.6 is 22.6 Å². The number of aryl methyl sites for hydroxylation is 1. The van der Waals surface area contributed by atoms with Gasteiger partial charge in [-0.05, 0) is 98.5 Å². The molecule has 2 rings (SSSR count). The Hall–Kier alpha value is -0.290. The first-order valence-corrected chi connectivity index (χ1v) is 7.83. The van der Waals surface area contributed by atoms with Gasteiger partial charge in [-0.2, -0.15) is 0 Å². The standard InChI is InChI=1S/C15H22INO/c1-10(2)18-15-9-13(11(3)8-14(15)16)12-4-6-17-7-5-12/h8-10,12,17H,4-7H2,1-3H3. The van der Waals surface area contributed by atoms with Crippen molar-refractivity contribution >= 4 is 22.6 Å². The number of hydrogen-bond donors (Lipinski definition) is 1. The van der Waals surface area contributed by atoms with Crippen LogP contribution < -0.4 is 10.1 Å². The molecule has 3 heteroatoms. The molecule has 1 heterocycles. The van der Waals surface area contributed by atoms with Gasteiger partial charge in [0.1, 0.15) is 5.75 Å². The van der Waals surface area contributed by atoms with Crippen molar-refractivity contribution in [2.75, 3.05) is 13.1 Å². The summed E-state index contributed by atoms with van der Waals surface area (Å²) in [4.78, 5) is 0. The molecule has 0 amide bonds. The fourth-order valence-corrected chi connectivity index (χ4v) is 3.34. The summed E-state index contributed by atoms with van der Waals surface area (Å²) >= 11 is 2.37. The molecule has 0 radical (unpaired) electrons. The quantitative estimate of drug-likeness (QED) is 0.828. The average molecular weight is 359 g/mol. The van der Waals surface area contributed by atoms with Gasteiger partial charge in [0.15, 0.2) is 0 Å². The predicted octanol–water partition coefficient (Wildman–Crippen LogP) is 3.85. The molecule has 1 saturated heterocycles. The molecule has 0 aromatic heterocycles. The van der Waals surface area contributed by atoms with Gasteiger partial charge >= 0.3 is 0 Å². The fourth-order valence-electron chi connectivity index (χ4n) is 2.59. The van der Waals surface area contributed by atoms with Crippen molar-refractivity contribution < 1.29 is 4.74 Å². The summed E-state index contributed by atoms with van der Waals surface area (Å²) in [6, 6.07) is 4.53. The number of piperidine rings is 1. The number of ether oxygens (including phenoxy) is 1. The Labute approximate surface area is 124 Å². The Morgan fingerprint density at radius 2 is 1.94 bits per heavy atom. The van der Waals surface area contributed by atoms with Gasteiger partial charge in [0.05, 0.1) is 9.67 Å². The van der Waals surface area contributed by atoms with Crippen LogP contribution in [-0.2, 0) is 0 Å². The van der Waals surface area contributed by atoms with Gasteiger partial charge in [-0.1, -0.05) is 0 Å². The maximum absolute atomic E-state index is 5.91. The minimum Gasteiger partial charge on any atom is -0.490 e. The summed E-state index contributed by atoms with van der Waals surface area (Å²) in [6.07, 6.45) is 2.72. The molecule has 100 valence electrons. The minimum absolute atomic E-state index is 0.238. The molecule has 0 saturated carbocycles. The summed E-state index contributed by atoms with van der Waals surface area (Å²) in [5.41, 5.74) is 2.88. The zero-order valence-corrected chi connectivity index (χ0v) is 13.6. The second-order valence-corrected chi connectivity index (χ2v) is 6.49. The second kappa shape index (κ2) is 6.24. The Morgan fingerprint density at radius 3 is 2.56 bits per heavy atom. The van der Waals surface area contributed by atoms with E-state index in [-0.39, 0.29) is 6.10 Å². The van der Waals surface area contributed by atoms with Crippen LogP contribution in [0.4, 0.5) is 0 Å². The Bertz CT molecular complexity index is 411. The zero-order chi connectivity index (χ0) is 13.1. The van der Waals surface area contributed by atoms with Crippen molar-refractivity contribution in [3.63, 3.8) is 0 Å². The molecule has 1 aromatic carbocycles. The van der Waals surface area contributed by atoms with E-state index in [0.29, 0.717) is 5.92 Å². The number of hydrogen-bond acceptors (Lipinski definition) is 2. The lowest BCUT2D eigenvalue weighted by molar-refractivity contribution is 0.240. The molecular formula is C15H22INO. The fraction of sp³-hybridized carbons (Fsp3) is 0.600. The molecular weight excluding hydrogens is 337 g/mol. The highest BCUT2D eigenvalue weighted by Gasteiger charge is 2.19. The molecule has 1 fully saturated rings. The maximum atomic E-state index is 5.91. The Balaban J connectivity index is 2.28. The third kappa shape index (κ3) is 3.38. The highest BCUT2D eigenvalue weighted by molar-refractivity contribution is 14.1. The van der Waals surface area contributed by atoms with Gasteiger partial charge in [-0.15, -0.1) is 0 Å². The van der Waals surface area contributed by atoms with E-state index in [1.165, 1.54) is 27.5 Å². The third-order valence-electron chi connectivity index (χ3n) is 3.46. The van der Waals surface area contributed by atoms with Gasteiger partial charge in [0, 0.05) is 0 Å². The van der Waals surface area contributed by atoms with E-state index in [1.54, 1.807) is 0 Å². The van der Waals surface area contributed by atoms with E-state index in [4.69, 9.17) is 4.74 Å². The number of nitrogens with one attached hydrogen (secondary N) is 1. The lowest BCUT2D eigenvalue weighted by atomic mass is 9.87. The van der Waals surface area contributed by atoms with Gasteiger partial charge in [0.2, 0.25) is 0 Å². The van der Waals surface area contributed by atoms with Crippen molar-refractivity contribution in [3.05, 3.63) is 26.8 Å². The van der Waals surface area contributed by atoms with Crippen LogP contribution in [-0.4, -0.2) is 19.2 Å². The topological polar surface area (TPSA) is 21.3 Å². The molecule has 18 heavy (non-hydrogen) atoms. The lowest BCUT2D eigenvalue weighted by Crippen LogP contribution is -2.27. The van der Waals surface area contributed by atoms with E-state index >= 15 is 0 Å². The van der Waals surface area contributed by atoms with Crippen LogP contribution in [0.1, 0.15) is 43.7 Å². The van der Waals surface area contributed by atoms with E-state index in [9.17, 15) is 0 Å². The normalized spacial score (nSPS) is 17.2. The predicted molar refractivity (Wildman–Crippen MR) is 84.5 cm³/mol. The highest BCUT2D eigenvalue weighted by Crippen LogP contribution is 2.33. The van der Waals surface area contributed by atoms with Crippen molar-refractivity contribution in [1.29, 1.82) is 0 Å². The van der Waals surface area contributed by atoms with Crippen LogP contribution in [0, 0.1) is 10.5 Å². The van der Waals surface area contributed by atoms with E-state index in [1.807, 2.05) is 0 Å². The molecule has 1 aliphatic rings. The summed E-state index contributed by atoms with van der Waals surface area (Å²) in [5.74, 6) is 1.74. The van der Waals surface area contributed by atoms with Gasteiger partial charge in [0.25, 0.3) is 0 Å². The molecule has 0 unspecified atom stereocenters. The SMILES string of the molecule is Cc1cc(I)c(OC(C)C)cc1C1CCNCC1. The molecule has 1 N–H and O–H groups in total. The first-order valence-electron chi connectivity index (χ1n) is 6.75.